The van der Waals surface area contributed by atoms with Crippen LogP contribution < -0.4 is 5.73 Å². The van der Waals surface area contributed by atoms with E-state index < -0.39 is 0 Å². The predicted octanol–water partition coefficient (Wildman–Crippen LogP) is 2.41. The van der Waals surface area contributed by atoms with Crippen molar-refractivity contribution >= 4 is 11.6 Å². The summed E-state index contributed by atoms with van der Waals surface area (Å²) in [6.07, 6.45) is 2.59. The first-order valence-corrected chi connectivity index (χ1v) is 6.82. The van der Waals surface area contributed by atoms with Crippen LogP contribution in [0.2, 0.25) is 5.02 Å². The number of methoxy groups -OCH3 is 1. The lowest BCUT2D eigenvalue weighted by molar-refractivity contribution is 0.139. The number of hydrogen-bond donors (Lipinski definition) is 1. The molecule has 0 spiro atoms. The molecule has 1 aliphatic carbocycles. The number of hydrogen-bond acceptors (Lipinski definition) is 3. The number of nitrogens with two attached hydrogens (primary N) is 1. The molecule has 2 N–H and O–H groups in total. The molecule has 0 atom stereocenters. The molecule has 0 bridgehead atoms. The highest BCUT2D eigenvalue weighted by atomic mass is 35.5. The fourth-order valence-electron chi connectivity index (χ4n) is 2.10. The minimum atomic E-state index is 0.538. The van der Waals surface area contributed by atoms with Gasteiger partial charge in [-0.05, 0) is 30.0 Å². The third-order valence-electron chi connectivity index (χ3n) is 3.37. The number of halogens is 1. The van der Waals surface area contributed by atoms with Gasteiger partial charge >= 0.3 is 0 Å². The molecular weight excluding hydrogens is 248 g/mol. The summed E-state index contributed by atoms with van der Waals surface area (Å²) >= 11 is 6.30. The molecule has 1 aliphatic rings. The molecule has 2 rings (SSSR count). The van der Waals surface area contributed by atoms with Crippen molar-refractivity contribution in [2.45, 2.75) is 32.0 Å². The van der Waals surface area contributed by atoms with Gasteiger partial charge in [0.25, 0.3) is 0 Å². The summed E-state index contributed by atoms with van der Waals surface area (Å²) in [4.78, 5) is 2.45. The van der Waals surface area contributed by atoms with Crippen LogP contribution in [0.5, 0.6) is 0 Å². The molecule has 0 aromatic heterocycles. The number of nitrogens with zero attached hydrogens (tertiary/aromatic N) is 1. The van der Waals surface area contributed by atoms with E-state index in [2.05, 4.69) is 17.0 Å². The number of rotatable bonds is 7. The molecule has 18 heavy (non-hydrogen) atoms. The van der Waals surface area contributed by atoms with Crippen LogP contribution in [0.3, 0.4) is 0 Å². The van der Waals surface area contributed by atoms with Gasteiger partial charge in [-0.25, -0.2) is 0 Å². The Bertz CT molecular complexity index is 393. The van der Waals surface area contributed by atoms with Crippen LogP contribution in [0.25, 0.3) is 0 Å². The van der Waals surface area contributed by atoms with Crippen molar-refractivity contribution < 1.29 is 4.74 Å². The average molecular weight is 269 g/mol. The first-order valence-electron chi connectivity index (χ1n) is 6.45. The van der Waals surface area contributed by atoms with E-state index in [-0.39, 0.29) is 0 Å². The highest BCUT2D eigenvalue weighted by Crippen LogP contribution is 2.29. The molecule has 3 nitrogen and oxygen atoms in total. The van der Waals surface area contributed by atoms with E-state index in [0.717, 1.165) is 30.3 Å². The van der Waals surface area contributed by atoms with Gasteiger partial charge in [0.05, 0.1) is 6.61 Å². The highest BCUT2D eigenvalue weighted by Gasteiger charge is 2.28. The first-order chi connectivity index (χ1) is 8.74. The SMILES string of the molecule is COCCN(Cc1ccc(CN)cc1Cl)C1CC1. The van der Waals surface area contributed by atoms with Crippen LogP contribution in [0.15, 0.2) is 18.2 Å². The molecule has 0 unspecified atom stereocenters. The lowest BCUT2D eigenvalue weighted by atomic mass is 10.1. The topological polar surface area (TPSA) is 38.5 Å². The average Bonchev–Trinajstić information content (AvgIpc) is 3.20. The zero-order valence-electron chi connectivity index (χ0n) is 10.9. The van der Waals surface area contributed by atoms with E-state index in [4.69, 9.17) is 22.1 Å². The maximum Gasteiger partial charge on any atom is 0.0589 e. The second kappa shape index (κ2) is 6.53. The normalized spacial score (nSPS) is 15.3. The van der Waals surface area contributed by atoms with Gasteiger partial charge in [-0.2, -0.15) is 0 Å². The zero-order chi connectivity index (χ0) is 13.0. The molecule has 0 saturated heterocycles. The second-order valence-corrected chi connectivity index (χ2v) is 5.23. The quantitative estimate of drug-likeness (QED) is 0.825. The summed E-state index contributed by atoms with van der Waals surface area (Å²) in [5.74, 6) is 0. The lowest BCUT2D eigenvalue weighted by Gasteiger charge is -2.22. The largest absolute Gasteiger partial charge is 0.383 e. The van der Waals surface area contributed by atoms with E-state index in [9.17, 15) is 0 Å². The van der Waals surface area contributed by atoms with E-state index in [1.54, 1.807) is 7.11 Å². The molecule has 4 heteroatoms. The van der Waals surface area contributed by atoms with Crippen LogP contribution in [-0.4, -0.2) is 31.2 Å². The van der Waals surface area contributed by atoms with Gasteiger partial charge < -0.3 is 10.5 Å². The van der Waals surface area contributed by atoms with Crippen molar-refractivity contribution in [3.05, 3.63) is 34.3 Å². The Morgan fingerprint density at radius 1 is 1.44 bits per heavy atom. The van der Waals surface area contributed by atoms with E-state index in [1.807, 2.05) is 6.07 Å². The Labute approximate surface area is 114 Å². The van der Waals surface area contributed by atoms with Crippen LogP contribution >= 0.6 is 11.6 Å². The standard InChI is InChI=1S/C14H21ClN2O/c1-18-7-6-17(13-4-5-13)10-12-3-2-11(9-16)8-14(12)15/h2-3,8,13H,4-7,9-10,16H2,1H3. The van der Waals surface area contributed by atoms with Crippen LogP contribution in [-0.2, 0) is 17.8 Å². The Balaban J connectivity index is 2.01. The maximum absolute atomic E-state index is 6.30. The smallest absolute Gasteiger partial charge is 0.0589 e. The summed E-state index contributed by atoms with van der Waals surface area (Å²) in [6, 6.07) is 6.83. The highest BCUT2D eigenvalue weighted by molar-refractivity contribution is 6.31. The van der Waals surface area contributed by atoms with Gasteiger partial charge in [-0.15, -0.1) is 0 Å². The fourth-order valence-corrected chi connectivity index (χ4v) is 2.37. The predicted molar refractivity (Wildman–Crippen MR) is 74.7 cm³/mol. The monoisotopic (exact) mass is 268 g/mol. The van der Waals surface area contributed by atoms with Crippen molar-refractivity contribution in [3.63, 3.8) is 0 Å². The summed E-state index contributed by atoms with van der Waals surface area (Å²) in [5.41, 5.74) is 7.87. The summed E-state index contributed by atoms with van der Waals surface area (Å²) < 4.78 is 5.16. The summed E-state index contributed by atoms with van der Waals surface area (Å²) in [6.45, 7) is 3.18. The molecule has 0 aliphatic heterocycles. The molecule has 1 aromatic carbocycles. The van der Waals surface area contributed by atoms with Gasteiger partial charge in [0, 0.05) is 37.8 Å². The van der Waals surface area contributed by atoms with E-state index in [0.29, 0.717) is 12.6 Å². The molecule has 0 heterocycles. The minimum Gasteiger partial charge on any atom is -0.383 e. The zero-order valence-corrected chi connectivity index (χ0v) is 11.6. The molecule has 1 saturated carbocycles. The fraction of sp³-hybridized carbons (Fsp3) is 0.571. The first kappa shape index (κ1) is 13.8. The van der Waals surface area contributed by atoms with Gasteiger partial charge in [-0.3, -0.25) is 4.90 Å². The lowest BCUT2D eigenvalue weighted by Crippen LogP contribution is -2.29. The molecule has 1 fully saturated rings. The van der Waals surface area contributed by atoms with Crippen LogP contribution in [0.4, 0.5) is 0 Å². The van der Waals surface area contributed by atoms with Crippen molar-refractivity contribution in [3.8, 4) is 0 Å². The third-order valence-corrected chi connectivity index (χ3v) is 3.72. The maximum atomic E-state index is 6.30. The Hall–Kier alpha value is -0.610. The van der Waals surface area contributed by atoms with Crippen molar-refractivity contribution in [1.29, 1.82) is 0 Å². The molecular formula is C14H21ClN2O. The van der Waals surface area contributed by atoms with Gasteiger partial charge in [0.2, 0.25) is 0 Å². The Morgan fingerprint density at radius 3 is 2.78 bits per heavy atom. The van der Waals surface area contributed by atoms with Gasteiger partial charge in [0.1, 0.15) is 0 Å². The summed E-state index contributed by atoms with van der Waals surface area (Å²) in [7, 11) is 1.74. The van der Waals surface area contributed by atoms with E-state index in [1.165, 1.54) is 18.4 Å². The van der Waals surface area contributed by atoms with Crippen molar-refractivity contribution in [2.75, 3.05) is 20.3 Å². The van der Waals surface area contributed by atoms with Crippen LogP contribution in [0.1, 0.15) is 24.0 Å². The second-order valence-electron chi connectivity index (χ2n) is 4.82. The van der Waals surface area contributed by atoms with Crippen LogP contribution in [0, 0.1) is 0 Å². The van der Waals surface area contributed by atoms with E-state index >= 15 is 0 Å². The van der Waals surface area contributed by atoms with Crippen molar-refractivity contribution in [1.82, 2.24) is 4.90 Å². The van der Waals surface area contributed by atoms with Gasteiger partial charge in [0.15, 0.2) is 0 Å². The third kappa shape index (κ3) is 3.69. The number of ether oxygens (including phenoxy) is 1. The Kier molecular flexibility index (Phi) is 5.01. The number of benzene rings is 1. The molecule has 0 amide bonds. The minimum absolute atomic E-state index is 0.538. The molecule has 100 valence electrons. The molecule has 0 radical (unpaired) electrons. The van der Waals surface area contributed by atoms with Crippen molar-refractivity contribution in [2.24, 2.45) is 5.73 Å². The molecule has 1 aromatic rings. The van der Waals surface area contributed by atoms with Gasteiger partial charge in [-0.1, -0.05) is 23.7 Å². The summed E-state index contributed by atoms with van der Waals surface area (Å²) in [5, 5.41) is 0.820. The Morgan fingerprint density at radius 2 is 2.22 bits per heavy atom.